The summed E-state index contributed by atoms with van der Waals surface area (Å²) in [5, 5.41) is 0. The van der Waals surface area contributed by atoms with Crippen LogP contribution in [0.2, 0.25) is 0 Å². The second-order valence-electron chi connectivity index (χ2n) is 8.02. The normalized spacial score (nSPS) is 29.2. The highest BCUT2D eigenvalue weighted by Crippen LogP contribution is 2.48. The minimum Gasteiger partial charge on any atom is -0.292 e. The van der Waals surface area contributed by atoms with Gasteiger partial charge in [0, 0.05) is 11.6 Å². The van der Waals surface area contributed by atoms with E-state index in [2.05, 4.69) is 4.90 Å². The van der Waals surface area contributed by atoms with Gasteiger partial charge in [0.1, 0.15) is 0 Å². The van der Waals surface area contributed by atoms with Crippen LogP contribution in [0.1, 0.15) is 28.8 Å². The van der Waals surface area contributed by atoms with Gasteiger partial charge in [-0.15, -0.1) is 0 Å². The van der Waals surface area contributed by atoms with Gasteiger partial charge in [-0.05, 0) is 38.4 Å². The minimum atomic E-state index is -0.591. The van der Waals surface area contributed by atoms with Gasteiger partial charge in [-0.25, -0.2) is 4.90 Å². The van der Waals surface area contributed by atoms with Crippen LogP contribution >= 0.6 is 0 Å². The average Bonchev–Trinajstić information content (AvgIpc) is 3.35. The van der Waals surface area contributed by atoms with E-state index >= 15 is 0 Å². The lowest BCUT2D eigenvalue weighted by molar-refractivity contribution is -0.123. The summed E-state index contributed by atoms with van der Waals surface area (Å²) in [4.78, 5) is 43.5. The highest BCUT2D eigenvalue weighted by molar-refractivity contribution is 6.24. The number of benzene rings is 2. The molecule has 0 aromatic heterocycles. The Hall–Kier alpha value is -2.79. The van der Waals surface area contributed by atoms with Gasteiger partial charge < -0.3 is 0 Å². The monoisotopic (exact) mass is 374 g/mol. The number of aryl methyl sites for hydroxylation is 1. The molecule has 2 amide bonds. The Morgan fingerprint density at radius 1 is 0.929 bits per heavy atom. The number of hydrogen-bond acceptors (Lipinski definition) is 4. The van der Waals surface area contributed by atoms with Crippen molar-refractivity contribution in [3.63, 3.8) is 0 Å². The molecule has 28 heavy (non-hydrogen) atoms. The fourth-order valence-corrected chi connectivity index (χ4v) is 5.24. The predicted octanol–water partition coefficient (Wildman–Crippen LogP) is 2.83. The molecule has 4 atom stereocenters. The van der Waals surface area contributed by atoms with Gasteiger partial charge in [0.05, 0.1) is 23.6 Å². The van der Waals surface area contributed by atoms with Crippen molar-refractivity contribution in [3.8, 4) is 0 Å². The van der Waals surface area contributed by atoms with E-state index in [1.165, 1.54) is 4.90 Å². The SMILES string of the molecule is Cc1ccc(N2C(=O)[C@@H]3[C@H](C2=O)[C@@H](C(=O)c2ccccc2)N2CCC[C@H]32)cc1. The molecule has 2 aromatic carbocycles. The zero-order valence-electron chi connectivity index (χ0n) is 15.7. The van der Waals surface area contributed by atoms with Gasteiger partial charge in [0.15, 0.2) is 5.78 Å². The summed E-state index contributed by atoms with van der Waals surface area (Å²) in [5.41, 5.74) is 2.28. The lowest BCUT2D eigenvalue weighted by Crippen LogP contribution is -2.46. The number of rotatable bonds is 3. The molecule has 3 fully saturated rings. The number of fused-ring (bicyclic) bond motifs is 3. The summed E-state index contributed by atoms with van der Waals surface area (Å²) in [6, 6.07) is 16.0. The van der Waals surface area contributed by atoms with Crippen molar-refractivity contribution < 1.29 is 14.4 Å². The average molecular weight is 374 g/mol. The quantitative estimate of drug-likeness (QED) is 0.612. The van der Waals surface area contributed by atoms with Crippen LogP contribution in [0.4, 0.5) is 5.69 Å². The lowest BCUT2D eigenvalue weighted by Gasteiger charge is -2.27. The Kier molecular flexibility index (Phi) is 3.95. The zero-order chi connectivity index (χ0) is 19.4. The first-order valence-electron chi connectivity index (χ1n) is 9.87. The second-order valence-corrected chi connectivity index (χ2v) is 8.02. The molecule has 3 aliphatic heterocycles. The molecule has 142 valence electrons. The maximum Gasteiger partial charge on any atom is 0.239 e. The van der Waals surface area contributed by atoms with E-state index in [1.807, 2.05) is 49.4 Å². The number of carbonyl (C=O) groups excluding carboxylic acids is 3. The van der Waals surface area contributed by atoms with Gasteiger partial charge >= 0.3 is 0 Å². The fourth-order valence-electron chi connectivity index (χ4n) is 5.24. The first-order chi connectivity index (χ1) is 13.6. The van der Waals surface area contributed by atoms with Crippen LogP contribution in [0, 0.1) is 18.8 Å². The van der Waals surface area contributed by atoms with Crippen molar-refractivity contribution in [2.45, 2.75) is 31.8 Å². The summed E-state index contributed by atoms with van der Waals surface area (Å²) in [6.45, 7) is 2.74. The Morgan fingerprint density at radius 3 is 2.32 bits per heavy atom. The van der Waals surface area contributed by atoms with Crippen LogP contribution < -0.4 is 4.90 Å². The summed E-state index contributed by atoms with van der Waals surface area (Å²) in [5.74, 6) is -1.45. The number of hydrogen-bond donors (Lipinski definition) is 0. The third-order valence-electron chi connectivity index (χ3n) is 6.47. The van der Waals surface area contributed by atoms with Crippen molar-refractivity contribution in [3.05, 3.63) is 65.7 Å². The van der Waals surface area contributed by atoms with Gasteiger partial charge in [-0.3, -0.25) is 19.3 Å². The molecule has 0 unspecified atom stereocenters. The number of imide groups is 1. The third-order valence-corrected chi connectivity index (χ3v) is 6.47. The smallest absolute Gasteiger partial charge is 0.239 e. The molecular weight excluding hydrogens is 352 g/mol. The molecule has 3 aliphatic rings. The fraction of sp³-hybridized carbons (Fsp3) is 0.348. The standard InChI is InChI=1S/C23H22N2O3/c1-14-9-11-16(12-10-14)25-22(27)18-17-8-5-13-24(17)20(19(18)23(25)28)21(26)15-6-3-2-4-7-15/h2-4,6-7,9-12,17-20H,5,8,13H2,1H3/t17-,18+,19+,20+/m1/s1. The lowest BCUT2D eigenvalue weighted by atomic mass is 9.85. The topological polar surface area (TPSA) is 57.7 Å². The van der Waals surface area contributed by atoms with E-state index < -0.39 is 17.9 Å². The van der Waals surface area contributed by atoms with Crippen LogP contribution in [0.25, 0.3) is 0 Å². The van der Waals surface area contributed by atoms with E-state index in [0.717, 1.165) is 24.9 Å². The van der Waals surface area contributed by atoms with Gasteiger partial charge in [0.25, 0.3) is 0 Å². The molecule has 5 nitrogen and oxygen atoms in total. The summed E-state index contributed by atoms with van der Waals surface area (Å²) < 4.78 is 0. The highest BCUT2D eigenvalue weighted by atomic mass is 16.2. The number of Topliss-reactive ketones (excluding diaryl/α,β-unsaturated/α-hetero) is 1. The van der Waals surface area contributed by atoms with Crippen LogP contribution in [0.5, 0.6) is 0 Å². The summed E-state index contributed by atoms with van der Waals surface area (Å²) in [7, 11) is 0. The van der Waals surface area contributed by atoms with E-state index in [1.54, 1.807) is 12.1 Å². The predicted molar refractivity (Wildman–Crippen MR) is 105 cm³/mol. The number of nitrogens with zero attached hydrogens (tertiary/aromatic N) is 2. The zero-order valence-corrected chi connectivity index (χ0v) is 15.7. The molecule has 0 saturated carbocycles. The van der Waals surface area contributed by atoms with Gasteiger partial charge in [-0.2, -0.15) is 0 Å². The van der Waals surface area contributed by atoms with Crippen LogP contribution in [-0.2, 0) is 9.59 Å². The van der Waals surface area contributed by atoms with Gasteiger partial charge in [-0.1, -0.05) is 48.0 Å². The van der Waals surface area contributed by atoms with Crippen molar-refractivity contribution in [2.75, 3.05) is 11.4 Å². The Morgan fingerprint density at radius 2 is 1.61 bits per heavy atom. The van der Waals surface area contributed by atoms with E-state index in [9.17, 15) is 14.4 Å². The molecule has 0 radical (unpaired) electrons. The molecule has 5 rings (SSSR count). The molecule has 0 N–H and O–H groups in total. The molecule has 5 heteroatoms. The third kappa shape index (κ3) is 2.39. The van der Waals surface area contributed by atoms with Crippen molar-refractivity contribution in [1.29, 1.82) is 0 Å². The van der Waals surface area contributed by atoms with Crippen molar-refractivity contribution in [1.82, 2.24) is 4.90 Å². The number of ketones is 1. The Balaban J connectivity index is 1.55. The number of amides is 2. The summed E-state index contributed by atoms with van der Waals surface area (Å²) in [6.07, 6.45) is 1.82. The number of anilines is 1. The van der Waals surface area contributed by atoms with Crippen LogP contribution in [0.3, 0.4) is 0 Å². The molecular formula is C23H22N2O3. The molecule has 0 aliphatic carbocycles. The Bertz CT molecular complexity index is 954. The van der Waals surface area contributed by atoms with Crippen LogP contribution in [0.15, 0.2) is 54.6 Å². The van der Waals surface area contributed by atoms with E-state index in [4.69, 9.17) is 0 Å². The summed E-state index contributed by atoms with van der Waals surface area (Å²) >= 11 is 0. The molecule has 3 heterocycles. The van der Waals surface area contributed by atoms with E-state index in [0.29, 0.717) is 11.3 Å². The van der Waals surface area contributed by atoms with Crippen molar-refractivity contribution in [2.24, 2.45) is 11.8 Å². The van der Waals surface area contributed by atoms with Gasteiger partial charge in [0.2, 0.25) is 11.8 Å². The maximum absolute atomic E-state index is 13.4. The maximum atomic E-state index is 13.4. The molecule has 0 spiro atoms. The van der Waals surface area contributed by atoms with Crippen molar-refractivity contribution >= 4 is 23.3 Å². The Labute approximate surface area is 163 Å². The number of carbonyl (C=O) groups is 3. The first kappa shape index (κ1) is 17.3. The largest absolute Gasteiger partial charge is 0.292 e. The van der Waals surface area contributed by atoms with Crippen LogP contribution in [-0.4, -0.2) is 41.1 Å². The molecule has 3 saturated heterocycles. The minimum absolute atomic E-state index is 0.0189. The molecule has 2 aromatic rings. The second kappa shape index (κ2) is 6.38. The highest BCUT2D eigenvalue weighted by Gasteiger charge is 2.64. The molecule has 0 bridgehead atoms. The van der Waals surface area contributed by atoms with E-state index in [-0.39, 0.29) is 23.6 Å². The first-order valence-corrected chi connectivity index (χ1v) is 9.87.